The average molecular weight is 211 g/mol. The first kappa shape index (κ1) is 12.0. The number of halogens is 1. The second kappa shape index (κ2) is 5.12. The Morgan fingerprint density at radius 2 is 2.00 bits per heavy atom. The zero-order valence-electron chi connectivity index (χ0n) is 9.46. The molecule has 0 heterocycles. The maximum Gasteiger partial charge on any atom is 0.124 e. The van der Waals surface area contributed by atoms with Crippen molar-refractivity contribution in [2.45, 2.75) is 39.6 Å². The van der Waals surface area contributed by atoms with Crippen LogP contribution in [-0.2, 0) is 6.54 Å². The summed E-state index contributed by atoms with van der Waals surface area (Å²) >= 11 is 0. The van der Waals surface area contributed by atoms with Crippen molar-refractivity contribution in [1.29, 1.82) is 0 Å². The summed E-state index contributed by atoms with van der Waals surface area (Å²) in [5.41, 5.74) is 7.09. The van der Waals surface area contributed by atoms with Crippen LogP contribution in [0.1, 0.15) is 38.1 Å². The van der Waals surface area contributed by atoms with Crippen molar-refractivity contribution in [2.75, 3.05) is 0 Å². The number of benzene rings is 1. The number of rotatable bonds is 4. The lowest BCUT2D eigenvalue weighted by Gasteiger charge is -2.14. The highest BCUT2D eigenvalue weighted by Crippen LogP contribution is 2.25. The Bertz CT molecular complexity index is 323. The molecular formula is C12H18FNO. The molecule has 0 aromatic heterocycles. The highest BCUT2D eigenvalue weighted by molar-refractivity contribution is 5.38. The predicted molar refractivity (Wildman–Crippen MR) is 59.6 cm³/mol. The van der Waals surface area contributed by atoms with E-state index in [0.29, 0.717) is 12.1 Å². The van der Waals surface area contributed by atoms with Gasteiger partial charge in [0.05, 0.1) is 6.10 Å². The first-order chi connectivity index (χ1) is 7.04. The van der Waals surface area contributed by atoms with Crippen molar-refractivity contribution in [3.8, 4) is 5.75 Å². The van der Waals surface area contributed by atoms with Crippen LogP contribution in [0.2, 0.25) is 0 Å². The first-order valence-corrected chi connectivity index (χ1v) is 5.18. The van der Waals surface area contributed by atoms with Gasteiger partial charge >= 0.3 is 0 Å². The first-order valence-electron chi connectivity index (χ1n) is 5.18. The number of nitrogens with two attached hydrogens (primary N) is 1. The Morgan fingerprint density at radius 3 is 2.47 bits per heavy atom. The largest absolute Gasteiger partial charge is 0.491 e. The van der Waals surface area contributed by atoms with Gasteiger partial charge in [-0.25, -0.2) is 4.39 Å². The molecule has 0 saturated carbocycles. The molecule has 0 bridgehead atoms. The lowest BCUT2D eigenvalue weighted by atomic mass is 10.1. The summed E-state index contributed by atoms with van der Waals surface area (Å²) in [4.78, 5) is 0. The fraction of sp³-hybridized carbons (Fsp3) is 0.500. The maximum absolute atomic E-state index is 13.1. The molecule has 15 heavy (non-hydrogen) atoms. The van der Waals surface area contributed by atoms with E-state index < -0.39 is 6.17 Å². The van der Waals surface area contributed by atoms with E-state index in [4.69, 9.17) is 10.5 Å². The lowest BCUT2D eigenvalue weighted by molar-refractivity contribution is 0.239. The van der Waals surface area contributed by atoms with Crippen LogP contribution < -0.4 is 10.5 Å². The van der Waals surface area contributed by atoms with Gasteiger partial charge in [-0.05, 0) is 38.5 Å². The molecule has 0 amide bonds. The molecule has 0 saturated heterocycles. The minimum atomic E-state index is -0.969. The quantitative estimate of drug-likeness (QED) is 0.831. The van der Waals surface area contributed by atoms with Crippen molar-refractivity contribution in [3.05, 3.63) is 29.3 Å². The number of hydrogen-bond acceptors (Lipinski definition) is 2. The average Bonchev–Trinajstić information content (AvgIpc) is 2.17. The van der Waals surface area contributed by atoms with Gasteiger partial charge in [-0.15, -0.1) is 0 Å². The molecule has 0 fully saturated rings. The molecule has 1 aromatic rings. The molecule has 0 aliphatic rings. The van der Waals surface area contributed by atoms with E-state index in [9.17, 15) is 4.39 Å². The van der Waals surface area contributed by atoms with Gasteiger partial charge in [0.1, 0.15) is 11.9 Å². The smallest absolute Gasteiger partial charge is 0.124 e. The Hall–Kier alpha value is -1.09. The normalized spacial score (nSPS) is 12.9. The highest BCUT2D eigenvalue weighted by Gasteiger charge is 2.09. The second-order valence-corrected chi connectivity index (χ2v) is 3.85. The van der Waals surface area contributed by atoms with Gasteiger partial charge in [-0.1, -0.05) is 6.07 Å². The van der Waals surface area contributed by atoms with Crippen molar-refractivity contribution >= 4 is 0 Å². The molecule has 0 radical (unpaired) electrons. The molecular weight excluding hydrogens is 193 g/mol. The van der Waals surface area contributed by atoms with E-state index in [1.165, 1.54) is 6.92 Å². The summed E-state index contributed by atoms with van der Waals surface area (Å²) in [6, 6.07) is 5.29. The monoisotopic (exact) mass is 211 g/mol. The van der Waals surface area contributed by atoms with E-state index in [2.05, 4.69) is 0 Å². The van der Waals surface area contributed by atoms with Crippen LogP contribution in [-0.4, -0.2) is 6.10 Å². The summed E-state index contributed by atoms with van der Waals surface area (Å²) in [5, 5.41) is 0. The van der Waals surface area contributed by atoms with E-state index >= 15 is 0 Å². The molecule has 0 spiro atoms. The molecule has 1 atom stereocenters. The third-order valence-electron chi connectivity index (χ3n) is 2.13. The zero-order chi connectivity index (χ0) is 11.4. The van der Waals surface area contributed by atoms with Crippen LogP contribution in [0.25, 0.3) is 0 Å². The topological polar surface area (TPSA) is 35.2 Å². The second-order valence-electron chi connectivity index (χ2n) is 3.85. The van der Waals surface area contributed by atoms with Crippen LogP contribution in [0.3, 0.4) is 0 Å². The van der Waals surface area contributed by atoms with Gasteiger partial charge < -0.3 is 10.5 Å². The van der Waals surface area contributed by atoms with Crippen molar-refractivity contribution in [2.24, 2.45) is 5.73 Å². The lowest BCUT2D eigenvalue weighted by Crippen LogP contribution is -2.09. The standard InChI is InChI=1S/C12H18FNO/c1-8(2)15-12-5-4-10(9(3)13)6-11(12)7-14/h4-6,8-9H,7,14H2,1-3H3. The summed E-state index contributed by atoms with van der Waals surface area (Å²) in [7, 11) is 0. The number of ether oxygens (including phenoxy) is 1. The minimum Gasteiger partial charge on any atom is -0.491 e. The van der Waals surface area contributed by atoms with Crippen LogP contribution >= 0.6 is 0 Å². The molecule has 0 aliphatic carbocycles. The SMILES string of the molecule is CC(C)Oc1ccc(C(C)F)cc1CN. The van der Waals surface area contributed by atoms with Gasteiger partial charge in [0, 0.05) is 12.1 Å². The van der Waals surface area contributed by atoms with Crippen molar-refractivity contribution in [3.63, 3.8) is 0 Å². The number of hydrogen-bond donors (Lipinski definition) is 1. The molecule has 84 valence electrons. The van der Waals surface area contributed by atoms with E-state index in [0.717, 1.165) is 11.3 Å². The van der Waals surface area contributed by atoms with Gasteiger partial charge in [0.2, 0.25) is 0 Å². The molecule has 1 aromatic carbocycles. The van der Waals surface area contributed by atoms with Crippen LogP contribution in [0.5, 0.6) is 5.75 Å². The van der Waals surface area contributed by atoms with Crippen molar-refractivity contribution < 1.29 is 9.13 Å². The summed E-state index contributed by atoms with van der Waals surface area (Å²) < 4.78 is 18.6. The van der Waals surface area contributed by atoms with Crippen LogP contribution in [0.15, 0.2) is 18.2 Å². The van der Waals surface area contributed by atoms with E-state index in [1.54, 1.807) is 18.2 Å². The van der Waals surface area contributed by atoms with Gasteiger partial charge in [0.15, 0.2) is 0 Å². The Morgan fingerprint density at radius 1 is 1.33 bits per heavy atom. The molecule has 3 heteroatoms. The van der Waals surface area contributed by atoms with Gasteiger partial charge in [-0.3, -0.25) is 0 Å². The van der Waals surface area contributed by atoms with E-state index in [-0.39, 0.29) is 6.10 Å². The Labute approximate surface area is 90.2 Å². The number of alkyl halides is 1. The third kappa shape index (κ3) is 3.20. The Kier molecular flexibility index (Phi) is 4.09. The molecule has 2 N–H and O–H groups in total. The fourth-order valence-corrected chi connectivity index (χ4v) is 1.38. The maximum atomic E-state index is 13.1. The van der Waals surface area contributed by atoms with Crippen LogP contribution in [0, 0.1) is 0 Å². The van der Waals surface area contributed by atoms with Gasteiger partial charge in [-0.2, -0.15) is 0 Å². The van der Waals surface area contributed by atoms with Gasteiger partial charge in [0.25, 0.3) is 0 Å². The summed E-state index contributed by atoms with van der Waals surface area (Å²) in [6.07, 6.45) is -0.868. The zero-order valence-corrected chi connectivity index (χ0v) is 9.46. The molecule has 0 aliphatic heterocycles. The summed E-state index contributed by atoms with van der Waals surface area (Å²) in [5.74, 6) is 0.747. The highest BCUT2D eigenvalue weighted by atomic mass is 19.1. The Balaban J connectivity index is 2.98. The van der Waals surface area contributed by atoms with Crippen LogP contribution in [0.4, 0.5) is 4.39 Å². The summed E-state index contributed by atoms with van der Waals surface area (Å²) in [6.45, 7) is 5.78. The molecule has 1 rings (SSSR count). The minimum absolute atomic E-state index is 0.101. The fourth-order valence-electron chi connectivity index (χ4n) is 1.38. The predicted octanol–water partition coefficient (Wildman–Crippen LogP) is 2.96. The van der Waals surface area contributed by atoms with E-state index in [1.807, 2.05) is 13.8 Å². The molecule has 2 nitrogen and oxygen atoms in total. The molecule has 1 unspecified atom stereocenters. The van der Waals surface area contributed by atoms with Crippen molar-refractivity contribution in [1.82, 2.24) is 0 Å². The third-order valence-corrected chi connectivity index (χ3v) is 2.13.